The standard InChI is InChI=1S/C18H18FN3O3S/c1-26(24,25)12-13-2-4-14(5-3-13)18(23)20-9-8-16-11-22-10-15(19)6-7-17(22)21-16/h2-7,10-11H,8-9,12H2,1H3,(H,20,23). The number of hydrogen-bond donors (Lipinski definition) is 1. The quantitative estimate of drug-likeness (QED) is 0.715. The van der Waals surface area contributed by atoms with Crippen molar-refractivity contribution >= 4 is 21.4 Å². The van der Waals surface area contributed by atoms with Gasteiger partial charge in [-0.15, -0.1) is 0 Å². The minimum atomic E-state index is -3.10. The molecule has 136 valence electrons. The summed E-state index contributed by atoms with van der Waals surface area (Å²) in [6.45, 7) is 0.385. The summed E-state index contributed by atoms with van der Waals surface area (Å²) in [6.07, 6.45) is 4.76. The molecule has 0 aliphatic rings. The summed E-state index contributed by atoms with van der Waals surface area (Å²) in [4.78, 5) is 16.5. The number of rotatable bonds is 6. The van der Waals surface area contributed by atoms with Crippen LogP contribution in [0.25, 0.3) is 5.65 Å². The summed E-state index contributed by atoms with van der Waals surface area (Å²) in [5.74, 6) is -0.636. The van der Waals surface area contributed by atoms with Crippen LogP contribution in [-0.2, 0) is 22.0 Å². The maximum Gasteiger partial charge on any atom is 0.251 e. The minimum Gasteiger partial charge on any atom is -0.352 e. The number of carbonyl (C=O) groups is 1. The number of nitrogens with one attached hydrogen (secondary N) is 1. The fourth-order valence-corrected chi connectivity index (χ4v) is 3.40. The van der Waals surface area contributed by atoms with Gasteiger partial charge >= 0.3 is 0 Å². The zero-order valence-electron chi connectivity index (χ0n) is 14.1. The smallest absolute Gasteiger partial charge is 0.251 e. The summed E-state index contributed by atoms with van der Waals surface area (Å²) in [7, 11) is -3.10. The molecular weight excluding hydrogens is 357 g/mol. The highest BCUT2D eigenvalue weighted by Crippen LogP contribution is 2.09. The molecule has 1 aromatic carbocycles. The van der Waals surface area contributed by atoms with Crippen molar-refractivity contribution in [2.75, 3.05) is 12.8 Å². The molecule has 1 N–H and O–H groups in total. The van der Waals surface area contributed by atoms with Crippen LogP contribution < -0.4 is 5.32 Å². The van der Waals surface area contributed by atoms with E-state index in [1.807, 2.05) is 0 Å². The van der Waals surface area contributed by atoms with E-state index in [0.717, 1.165) is 5.69 Å². The van der Waals surface area contributed by atoms with Gasteiger partial charge in [0, 0.05) is 37.2 Å². The molecule has 6 nitrogen and oxygen atoms in total. The number of halogens is 1. The van der Waals surface area contributed by atoms with Gasteiger partial charge in [0.15, 0.2) is 9.84 Å². The third kappa shape index (κ3) is 4.66. The van der Waals surface area contributed by atoms with Gasteiger partial charge in [-0.25, -0.2) is 17.8 Å². The first-order chi connectivity index (χ1) is 12.3. The maximum absolute atomic E-state index is 13.2. The van der Waals surface area contributed by atoms with Crippen molar-refractivity contribution in [3.63, 3.8) is 0 Å². The first-order valence-electron chi connectivity index (χ1n) is 7.98. The number of hydrogen-bond acceptors (Lipinski definition) is 4. The zero-order valence-corrected chi connectivity index (χ0v) is 15.0. The van der Waals surface area contributed by atoms with Crippen LogP contribution in [-0.4, -0.2) is 36.5 Å². The Kier molecular flexibility index (Phi) is 5.03. The fourth-order valence-electron chi connectivity index (χ4n) is 2.60. The molecule has 26 heavy (non-hydrogen) atoms. The van der Waals surface area contributed by atoms with Crippen molar-refractivity contribution in [2.45, 2.75) is 12.2 Å². The topological polar surface area (TPSA) is 80.5 Å². The second-order valence-electron chi connectivity index (χ2n) is 6.12. The molecule has 2 aromatic heterocycles. The number of fused-ring (bicyclic) bond motifs is 1. The van der Waals surface area contributed by atoms with Gasteiger partial charge in [0.2, 0.25) is 0 Å². The van der Waals surface area contributed by atoms with Crippen LogP contribution in [0.1, 0.15) is 21.6 Å². The lowest BCUT2D eigenvalue weighted by molar-refractivity contribution is 0.0954. The molecule has 0 unspecified atom stereocenters. The lowest BCUT2D eigenvalue weighted by atomic mass is 10.1. The summed E-state index contributed by atoms with van der Waals surface area (Å²) < 4.78 is 37.3. The lowest BCUT2D eigenvalue weighted by Gasteiger charge is -2.05. The van der Waals surface area contributed by atoms with Crippen LogP contribution in [0.5, 0.6) is 0 Å². The highest BCUT2D eigenvalue weighted by Gasteiger charge is 2.09. The molecule has 3 aromatic rings. The number of imidazole rings is 1. The van der Waals surface area contributed by atoms with E-state index >= 15 is 0 Å². The Balaban J connectivity index is 1.56. The fraction of sp³-hybridized carbons (Fsp3) is 0.222. The van der Waals surface area contributed by atoms with Crippen LogP contribution in [0, 0.1) is 5.82 Å². The van der Waals surface area contributed by atoms with Crippen molar-refractivity contribution in [1.82, 2.24) is 14.7 Å². The van der Waals surface area contributed by atoms with Crippen molar-refractivity contribution < 1.29 is 17.6 Å². The zero-order chi connectivity index (χ0) is 18.7. The van der Waals surface area contributed by atoms with Gasteiger partial charge in [-0.2, -0.15) is 0 Å². The molecule has 0 saturated heterocycles. The van der Waals surface area contributed by atoms with E-state index in [1.165, 1.54) is 18.5 Å². The normalized spacial score (nSPS) is 11.6. The van der Waals surface area contributed by atoms with Gasteiger partial charge in [-0.3, -0.25) is 4.79 Å². The first-order valence-corrected chi connectivity index (χ1v) is 10.0. The Morgan fingerprint density at radius 1 is 1.15 bits per heavy atom. The third-order valence-corrected chi connectivity index (χ3v) is 4.63. The molecule has 0 atom stereocenters. The molecule has 0 aliphatic heterocycles. The van der Waals surface area contributed by atoms with E-state index in [2.05, 4.69) is 10.3 Å². The predicted molar refractivity (Wildman–Crippen MR) is 96.2 cm³/mol. The second-order valence-corrected chi connectivity index (χ2v) is 8.26. The van der Waals surface area contributed by atoms with E-state index in [4.69, 9.17) is 0 Å². The summed E-state index contributed by atoms with van der Waals surface area (Å²) in [5, 5.41) is 2.79. The number of benzene rings is 1. The molecule has 2 heterocycles. The van der Waals surface area contributed by atoms with Crippen molar-refractivity contribution in [3.8, 4) is 0 Å². The van der Waals surface area contributed by atoms with Crippen molar-refractivity contribution in [2.24, 2.45) is 0 Å². The Hall–Kier alpha value is -2.74. The Morgan fingerprint density at radius 3 is 2.58 bits per heavy atom. The van der Waals surface area contributed by atoms with Gasteiger partial charge in [0.25, 0.3) is 5.91 Å². The minimum absolute atomic E-state index is 0.0522. The van der Waals surface area contributed by atoms with E-state index in [-0.39, 0.29) is 17.5 Å². The van der Waals surface area contributed by atoms with E-state index < -0.39 is 9.84 Å². The molecule has 0 aliphatic carbocycles. The van der Waals surface area contributed by atoms with Crippen LogP contribution in [0.15, 0.2) is 48.8 Å². The molecule has 0 bridgehead atoms. The van der Waals surface area contributed by atoms with E-state index in [0.29, 0.717) is 29.7 Å². The molecule has 0 saturated carbocycles. The third-order valence-electron chi connectivity index (χ3n) is 3.78. The van der Waals surface area contributed by atoms with Gasteiger partial charge in [0.05, 0.1) is 11.4 Å². The Morgan fingerprint density at radius 2 is 1.88 bits per heavy atom. The highest BCUT2D eigenvalue weighted by molar-refractivity contribution is 7.89. The monoisotopic (exact) mass is 375 g/mol. The Bertz CT molecular complexity index is 1040. The molecular formula is C18H18FN3O3S. The molecule has 3 rings (SSSR count). The van der Waals surface area contributed by atoms with Crippen LogP contribution in [0.3, 0.4) is 0 Å². The van der Waals surface area contributed by atoms with E-state index in [1.54, 1.807) is 40.9 Å². The summed E-state index contributed by atoms with van der Waals surface area (Å²) in [6, 6.07) is 9.41. The van der Waals surface area contributed by atoms with Crippen LogP contribution in [0.4, 0.5) is 4.39 Å². The van der Waals surface area contributed by atoms with Gasteiger partial charge < -0.3 is 9.72 Å². The number of amides is 1. The van der Waals surface area contributed by atoms with Gasteiger partial charge in [-0.05, 0) is 29.8 Å². The first kappa shape index (κ1) is 18.1. The highest BCUT2D eigenvalue weighted by atomic mass is 32.2. The van der Waals surface area contributed by atoms with Crippen molar-refractivity contribution in [1.29, 1.82) is 0 Å². The predicted octanol–water partition coefficient (Wildman–Crippen LogP) is 1.99. The number of pyridine rings is 1. The lowest BCUT2D eigenvalue weighted by Crippen LogP contribution is -2.25. The van der Waals surface area contributed by atoms with E-state index in [9.17, 15) is 17.6 Å². The maximum atomic E-state index is 13.2. The number of carbonyl (C=O) groups excluding carboxylic acids is 1. The van der Waals surface area contributed by atoms with Gasteiger partial charge in [-0.1, -0.05) is 12.1 Å². The van der Waals surface area contributed by atoms with Crippen LogP contribution in [0.2, 0.25) is 0 Å². The average Bonchev–Trinajstić information content (AvgIpc) is 2.95. The molecule has 0 spiro atoms. The van der Waals surface area contributed by atoms with Crippen molar-refractivity contribution in [3.05, 3.63) is 71.4 Å². The average molecular weight is 375 g/mol. The SMILES string of the molecule is CS(=O)(=O)Cc1ccc(C(=O)NCCc2cn3cc(F)ccc3n2)cc1. The molecule has 1 amide bonds. The van der Waals surface area contributed by atoms with Crippen LogP contribution >= 0.6 is 0 Å². The number of sulfone groups is 1. The molecule has 0 fully saturated rings. The number of aromatic nitrogens is 2. The second kappa shape index (κ2) is 7.25. The van der Waals surface area contributed by atoms with Gasteiger partial charge in [0.1, 0.15) is 11.5 Å². The largest absolute Gasteiger partial charge is 0.352 e. The summed E-state index contributed by atoms with van der Waals surface area (Å²) >= 11 is 0. The summed E-state index contributed by atoms with van der Waals surface area (Å²) in [5.41, 5.74) is 2.49. The molecule has 0 radical (unpaired) electrons. The molecule has 8 heteroatoms. The number of nitrogens with zero attached hydrogens (tertiary/aromatic N) is 2. The Labute approximate surface area is 150 Å².